The van der Waals surface area contributed by atoms with Crippen molar-refractivity contribution in [3.63, 3.8) is 0 Å². The number of esters is 1. The Morgan fingerprint density at radius 1 is 0.724 bits per heavy atom. The second kappa shape index (κ2) is 20.5. The van der Waals surface area contributed by atoms with Crippen LogP contribution < -0.4 is 5.32 Å². The molecule has 1 N–H and O–H groups in total. The highest BCUT2D eigenvalue weighted by atomic mass is 16.6. The molecular formula is C20H39NO8. The van der Waals surface area contributed by atoms with Crippen LogP contribution in [0.15, 0.2) is 0 Å². The molecule has 172 valence electrons. The third-order valence-corrected chi connectivity index (χ3v) is 4.11. The van der Waals surface area contributed by atoms with Crippen LogP contribution in [0.4, 0.5) is 0 Å². The number of carbonyl (C=O) groups is 1. The van der Waals surface area contributed by atoms with E-state index in [2.05, 4.69) is 5.32 Å². The lowest BCUT2D eigenvalue weighted by atomic mass is 10.1. The number of carbonyl (C=O) groups excluding carboxylic acids is 1. The lowest BCUT2D eigenvalue weighted by Gasteiger charge is -2.22. The van der Waals surface area contributed by atoms with Crippen molar-refractivity contribution in [2.75, 3.05) is 92.4 Å². The summed E-state index contributed by atoms with van der Waals surface area (Å²) in [5.41, 5.74) is 0. The molecule has 0 spiro atoms. The Bertz CT molecular complexity index is 366. The van der Waals surface area contributed by atoms with E-state index in [-0.39, 0.29) is 12.4 Å². The normalized spacial score (nSPS) is 14.9. The molecule has 9 nitrogen and oxygen atoms in total. The molecule has 1 aliphatic rings. The van der Waals surface area contributed by atoms with Gasteiger partial charge in [-0.25, -0.2) is 0 Å². The van der Waals surface area contributed by atoms with Gasteiger partial charge in [0.25, 0.3) is 0 Å². The molecule has 9 heteroatoms. The van der Waals surface area contributed by atoms with Crippen molar-refractivity contribution in [3.8, 4) is 0 Å². The van der Waals surface area contributed by atoms with Gasteiger partial charge in [0.2, 0.25) is 0 Å². The first-order valence-electron chi connectivity index (χ1n) is 10.7. The van der Waals surface area contributed by atoms with Gasteiger partial charge >= 0.3 is 5.97 Å². The van der Waals surface area contributed by atoms with Gasteiger partial charge in [0.1, 0.15) is 0 Å². The van der Waals surface area contributed by atoms with E-state index >= 15 is 0 Å². The minimum Gasteiger partial charge on any atom is -0.466 e. The fourth-order valence-corrected chi connectivity index (χ4v) is 2.61. The van der Waals surface area contributed by atoms with E-state index in [4.69, 9.17) is 33.2 Å². The van der Waals surface area contributed by atoms with Crippen molar-refractivity contribution in [1.29, 1.82) is 0 Å². The van der Waals surface area contributed by atoms with Crippen LogP contribution in [0.5, 0.6) is 0 Å². The zero-order valence-electron chi connectivity index (χ0n) is 17.9. The van der Waals surface area contributed by atoms with Crippen molar-refractivity contribution in [2.45, 2.75) is 32.3 Å². The Labute approximate surface area is 174 Å². The van der Waals surface area contributed by atoms with E-state index < -0.39 is 0 Å². The monoisotopic (exact) mass is 421 g/mol. The molecule has 1 aliphatic heterocycles. The smallest absolute Gasteiger partial charge is 0.308 e. The first kappa shape index (κ1) is 26.2. The van der Waals surface area contributed by atoms with E-state index in [9.17, 15) is 4.79 Å². The van der Waals surface area contributed by atoms with Crippen molar-refractivity contribution >= 4 is 5.97 Å². The van der Waals surface area contributed by atoms with Crippen LogP contribution in [0.2, 0.25) is 0 Å². The molecule has 0 saturated carbocycles. The molecule has 0 bridgehead atoms. The fourth-order valence-electron chi connectivity index (χ4n) is 2.61. The maximum atomic E-state index is 11.1. The highest BCUT2D eigenvalue weighted by Crippen LogP contribution is 2.06. The average Bonchev–Trinajstić information content (AvgIpc) is 2.74. The first-order valence-corrected chi connectivity index (χ1v) is 10.7. The van der Waals surface area contributed by atoms with E-state index in [1.807, 2.05) is 0 Å². The highest BCUT2D eigenvalue weighted by Gasteiger charge is 2.12. The lowest BCUT2D eigenvalue weighted by Crippen LogP contribution is -2.33. The van der Waals surface area contributed by atoms with Gasteiger partial charge in [-0.2, -0.15) is 0 Å². The minimum atomic E-state index is -0.239. The summed E-state index contributed by atoms with van der Waals surface area (Å²) >= 11 is 0. The molecular weight excluding hydrogens is 382 g/mol. The van der Waals surface area contributed by atoms with Gasteiger partial charge in [-0.1, -0.05) is 0 Å². The third-order valence-electron chi connectivity index (χ3n) is 4.11. The second-order valence-electron chi connectivity index (χ2n) is 6.44. The van der Waals surface area contributed by atoms with Gasteiger partial charge in [0, 0.05) is 0 Å². The zero-order valence-corrected chi connectivity index (χ0v) is 17.9. The average molecular weight is 422 g/mol. The number of ether oxygens (including phenoxy) is 7. The summed E-state index contributed by atoms with van der Waals surface area (Å²) in [6, 6.07) is 0. The van der Waals surface area contributed by atoms with Gasteiger partial charge in [-0.15, -0.1) is 0 Å². The molecule has 0 aromatic rings. The Hall–Kier alpha value is -0.810. The quantitative estimate of drug-likeness (QED) is 0.226. The number of hydrogen-bond donors (Lipinski definition) is 1. The topological polar surface area (TPSA) is 93.7 Å². The number of nitrogens with one attached hydrogen (secondary N) is 1. The van der Waals surface area contributed by atoms with Crippen molar-refractivity contribution in [3.05, 3.63) is 0 Å². The maximum absolute atomic E-state index is 11.1. The van der Waals surface area contributed by atoms with Gasteiger partial charge < -0.3 is 38.5 Å². The van der Waals surface area contributed by atoms with Gasteiger partial charge in [-0.05, 0) is 32.9 Å². The molecule has 1 rings (SSSR count). The Kier molecular flexibility index (Phi) is 18.5. The number of piperidine rings is 1. The molecule has 29 heavy (non-hydrogen) atoms. The van der Waals surface area contributed by atoms with E-state index in [1.54, 1.807) is 6.92 Å². The highest BCUT2D eigenvalue weighted by molar-refractivity contribution is 5.69. The second-order valence-corrected chi connectivity index (χ2v) is 6.44. The van der Waals surface area contributed by atoms with Crippen LogP contribution in [-0.4, -0.2) is 104 Å². The fraction of sp³-hybridized carbons (Fsp3) is 0.950. The van der Waals surface area contributed by atoms with Gasteiger partial charge in [0.15, 0.2) is 0 Å². The van der Waals surface area contributed by atoms with Crippen LogP contribution in [0.3, 0.4) is 0 Å². The summed E-state index contributed by atoms with van der Waals surface area (Å²) in [6.07, 6.45) is 2.81. The SMILES string of the molecule is CCOC(=O)CCOCCOCCOCCOCCOCCOC1CCNCC1. The molecule has 0 aliphatic carbocycles. The van der Waals surface area contributed by atoms with Crippen LogP contribution in [0.1, 0.15) is 26.2 Å². The largest absolute Gasteiger partial charge is 0.466 e. The molecule has 0 aromatic carbocycles. The molecule has 1 heterocycles. The van der Waals surface area contributed by atoms with E-state index in [1.165, 1.54) is 0 Å². The molecule has 1 fully saturated rings. The van der Waals surface area contributed by atoms with Crippen molar-refractivity contribution < 1.29 is 38.0 Å². The molecule has 0 radical (unpaired) electrons. The van der Waals surface area contributed by atoms with Crippen LogP contribution in [-0.2, 0) is 38.0 Å². The minimum absolute atomic E-state index is 0.239. The molecule has 1 saturated heterocycles. The number of hydrogen-bond acceptors (Lipinski definition) is 9. The van der Waals surface area contributed by atoms with Crippen molar-refractivity contribution in [1.82, 2.24) is 5.32 Å². The molecule has 0 amide bonds. The Balaban J connectivity index is 1.66. The van der Waals surface area contributed by atoms with E-state index in [0.717, 1.165) is 25.9 Å². The first-order chi connectivity index (χ1) is 14.3. The summed E-state index contributed by atoms with van der Waals surface area (Å²) in [4.78, 5) is 11.1. The summed E-state index contributed by atoms with van der Waals surface area (Å²) in [6.45, 7) is 9.97. The summed E-state index contributed by atoms with van der Waals surface area (Å²) < 4.78 is 37.6. The van der Waals surface area contributed by atoms with Crippen LogP contribution in [0.25, 0.3) is 0 Å². The standard InChI is InChI=1S/C20H39NO8/c1-2-28-20(22)5-8-23-9-10-24-11-12-25-13-14-26-15-16-27-17-18-29-19-3-6-21-7-4-19/h19,21H,2-18H2,1H3. The molecule has 0 aromatic heterocycles. The maximum Gasteiger partial charge on any atom is 0.308 e. The molecule has 0 unspecified atom stereocenters. The van der Waals surface area contributed by atoms with Gasteiger partial charge in [-0.3, -0.25) is 4.79 Å². The Morgan fingerprint density at radius 3 is 1.66 bits per heavy atom. The summed E-state index contributed by atoms with van der Waals surface area (Å²) in [5.74, 6) is -0.239. The van der Waals surface area contributed by atoms with Crippen molar-refractivity contribution in [2.24, 2.45) is 0 Å². The van der Waals surface area contributed by atoms with Crippen LogP contribution >= 0.6 is 0 Å². The van der Waals surface area contributed by atoms with Crippen LogP contribution in [0, 0.1) is 0 Å². The van der Waals surface area contributed by atoms with Gasteiger partial charge in [0.05, 0.1) is 91.8 Å². The number of rotatable bonds is 20. The lowest BCUT2D eigenvalue weighted by molar-refractivity contribution is -0.144. The molecule has 0 atom stereocenters. The predicted octanol–water partition coefficient (Wildman–Crippen LogP) is 0.791. The summed E-state index contributed by atoms with van der Waals surface area (Å²) in [5, 5.41) is 3.32. The zero-order chi connectivity index (χ0) is 20.8. The third kappa shape index (κ3) is 17.7. The van der Waals surface area contributed by atoms with E-state index in [0.29, 0.717) is 85.4 Å². The summed E-state index contributed by atoms with van der Waals surface area (Å²) in [7, 11) is 0. The Morgan fingerprint density at radius 2 is 1.17 bits per heavy atom. The predicted molar refractivity (Wildman–Crippen MR) is 107 cm³/mol.